The molecule has 0 spiro atoms. The first kappa shape index (κ1) is 23.3. The number of hydrogen-bond donors (Lipinski definition) is 1. The first-order valence-corrected chi connectivity index (χ1v) is 11.8. The second kappa shape index (κ2) is 11.9. The van der Waals surface area contributed by atoms with Crippen LogP contribution in [-0.2, 0) is 0 Å². The standard InChI is InChI=1S/C21H34ClN3O2S/c1-16(9-14-28-4)25-11-7-18(8-12-25)27-20-6-5-17(15-19(20)22)21(26)23-10-13-24(2)3/h5-6,15-16,18H,7-14H2,1-4H3,(H,23,26)/t16-/m0/s1. The maximum absolute atomic E-state index is 12.2. The molecular weight excluding hydrogens is 394 g/mol. The highest BCUT2D eigenvalue weighted by Gasteiger charge is 2.24. The van der Waals surface area contributed by atoms with E-state index in [1.807, 2.05) is 36.8 Å². The van der Waals surface area contributed by atoms with Crippen LogP contribution in [0.25, 0.3) is 0 Å². The van der Waals surface area contributed by atoms with Crippen molar-refractivity contribution in [3.05, 3.63) is 28.8 Å². The number of carbonyl (C=O) groups is 1. The zero-order valence-corrected chi connectivity index (χ0v) is 19.1. The summed E-state index contributed by atoms with van der Waals surface area (Å²) in [5, 5.41) is 3.40. The topological polar surface area (TPSA) is 44.8 Å². The van der Waals surface area contributed by atoms with Gasteiger partial charge >= 0.3 is 0 Å². The van der Waals surface area contributed by atoms with Gasteiger partial charge in [-0.2, -0.15) is 11.8 Å². The van der Waals surface area contributed by atoms with Crippen LogP contribution >= 0.6 is 23.4 Å². The largest absolute Gasteiger partial charge is 0.489 e. The van der Waals surface area contributed by atoms with E-state index in [2.05, 4.69) is 23.4 Å². The van der Waals surface area contributed by atoms with Gasteiger partial charge in [-0.15, -0.1) is 0 Å². The van der Waals surface area contributed by atoms with Crippen molar-refractivity contribution in [3.63, 3.8) is 0 Å². The fourth-order valence-corrected chi connectivity index (χ4v) is 4.12. The fraction of sp³-hybridized carbons (Fsp3) is 0.667. The van der Waals surface area contributed by atoms with E-state index in [4.69, 9.17) is 16.3 Å². The smallest absolute Gasteiger partial charge is 0.251 e. The molecule has 1 heterocycles. The second-order valence-electron chi connectivity index (χ2n) is 7.69. The molecule has 158 valence electrons. The molecule has 0 radical (unpaired) electrons. The van der Waals surface area contributed by atoms with Crippen LogP contribution in [0, 0.1) is 0 Å². The molecular formula is C21H34ClN3O2S. The molecule has 1 N–H and O–H groups in total. The number of ether oxygens (including phenoxy) is 1. The monoisotopic (exact) mass is 427 g/mol. The normalized spacial score (nSPS) is 16.9. The molecule has 1 saturated heterocycles. The summed E-state index contributed by atoms with van der Waals surface area (Å²) in [6.07, 6.45) is 5.59. The summed E-state index contributed by atoms with van der Waals surface area (Å²) in [7, 11) is 3.95. The number of halogens is 1. The lowest BCUT2D eigenvalue weighted by molar-refractivity contribution is 0.0791. The number of amides is 1. The number of likely N-dealkylation sites (tertiary alicyclic amines) is 1. The van der Waals surface area contributed by atoms with Gasteiger partial charge in [0.05, 0.1) is 5.02 Å². The molecule has 0 saturated carbocycles. The second-order valence-corrected chi connectivity index (χ2v) is 9.08. The Balaban J connectivity index is 1.82. The van der Waals surface area contributed by atoms with Crippen LogP contribution in [0.1, 0.15) is 36.5 Å². The predicted octanol–water partition coefficient (Wildman–Crippen LogP) is 3.62. The highest BCUT2D eigenvalue weighted by Crippen LogP contribution is 2.29. The Morgan fingerprint density at radius 2 is 2.11 bits per heavy atom. The molecule has 1 amide bonds. The number of rotatable bonds is 10. The Labute approximate surface area is 179 Å². The maximum atomic E-state index is 12.2. The average Bonchev–Trinajstić information content (AvgIpc) is 2.67. The molecule has 1 aliphatic heterocycles. The van der Waals surface area contributed by atoms with Crippen LogP contribution in [0.4, 0.5) is 0 Å². The minimum absolute atomic E-state index is 0.108. The lowest BCUT2D eigenvalue weighted by atomic mass is 10.0. The molecule has 0 unspecified atom stereocenters. The Hall–Kier alpha value is -0.950. The molecule has 5 nitrogen and oxygen atoms in total. The van der Waals surface area contributed by atoms with Crippen LogP contribution < -0.4 is 10.1 Å². The zero-order valence-electron chi connectivity index (χ0n) is 17.5. The van der Waals surface area contributed by atoms with E-state index >= 15 is 0 Å². The number of nitrogens with one attached hydrogen (secondary N) is 1. The summed E-state index contributed by atoms with van der Waals surface area (Å²) < 4.78 is 6.14. The summed E-state index contributed by atoms with van der Waals surface area (Å²) in [4.78, 5) is 16.8. The molecule has 0 aromatic heterocycles. The molecule has 2 rings (SSSR count). The van der Waals surface area contributed by atoms with Crippen molar-refractivity contribution in [2.24, 2.45) is 0 Å². The van der Waals surface area contributed by atoms with Crippen LogP contribution in [0.2, 0.25) is 5.02 Å². The van der Waals surface area contributed by atoms with E-state index in [0.29, 0.717) is 28.9 Å². The number of piperidine rings is 1. The molecule has 7 heteroatoms. The van der Waals surface area contributed by atoms with Crippen molar-refractivity contribution in [2.75, 3.05) is 52.3 Å². The van der Waals surface area contributed by atoms with E-state index in [1.165, 1.54) is 12.2 Å². The van der Waals surface area contributed by atoms with Gasteiger partial charge in [0, 0.05) is 37.8 Å². The third-order valence-electron chi connectivity index (χ3n) is 5.17. The van der Waals surface area contributed by atoms with Crippen LogP contribution in [0.3, 0.4) is 0 Å². The number of benzene rings is 1. The number of carbonyl (C=O) groups excluding carboxylic acids is 1. The molecule has 1 aliphatic rings. The van der Waals surface area contributed by atoms with Crippen molar-refractivity contribution in [3.8, 4) is 5.75 Å². The Bertz CT molecular complexity index is 622. The van der Waals surface area contributed by atoms with Crippen LogP contribution in [0.15, 0.2) is 18.2 Å². The van der Waals surface area contributed by atoms with Crippen molar-refractivity contribution < 1.29 is 9.53 Å². The van der Waals surface area contributed by atoms with Crippen molar-refractivity contribution in [2.45, 2.75) is 38.3 Å². The van der Waals surface area contributed by atoms with E-state index in [9.17, 15) is 4.79 Å². The Morgan fingerprint density at radius 3 is 2.71 bits per heavy atom. The minimum atomic E-state index is -0.108. The quantitative estimate of drug-likeness (QED) is 0.617. The molecule has 1 aromatic rings. The van der Waals surface area contributed by atoms with Gasteiger partial charge in [-0.25, -0.2) is 0 Å². The molecule has 1 atom stereocenters. The summed E-state index contributed by atoms with van der Waals surface area (Å²) in [6, 6.07) is 5.92. The van der Waals surface area contributed by atoms with E-state index in [-0.39, 0.29) is 12.0 Å². The summed E-state index contributed by atoms with van der Waals surface area (Å²) in [5.74, 6) is 1.77. The third kappa shape index (κ3) is 7.47. The summed E-state index contributed by atoms with van der Waals surface area (Å²) in [6.45, 7) is 5.84. The van der Waals surface area contributed by atoms with E-state index in [0.717, 1.165) is 32.5 Å². The van der Waals surface area contributed by atoms with E-state index in [1.54, 1.807) is 12.1 Å². The van der Waals surface area contributed by atoms with E-state index < -0.39 is 0 Å². The first-order chi connectivity index (χ1) is 13.4. The van der Waals surface area contributed by atoms with Crippen molar-refractivity contribution in [1.29, 1.82) is 0 Å². The molecule has 28 heavy (non-hydrogen) atoms. The Kier molecular flexibility index (Phi) is 9.92. The summed E-state index contributed by atoms with van der Waals surface area (Å²) >= 11 is 8.30. The van der Waals surface area contributed by atoms with Crippen LogP contribution in [-0.4, -0.2) is 80.1 Å². The first-order valence-electron chi connectivity index (χ1n) is 10.0. The zero-order chi connectivity index (χ0) is 20.5. The number of likely N-dealkylation sites (N-methyl/N-ethyl adjacent to an activating group) is 1. The number of hydrogen-bond acceptors (Lipinski definition) is 5. The molecule has 0 aliphatic carbocycles. The van der Waals surface area contributed by atoms with Gasteiger partial charge < -0.3 is 19.9 Å². The molecule has 1 fully saturated rings. The van der Waals surface area contributed by atoms with Gasteiger partial charge in [-0.05, 0) is 70.5 Å². The molecule has 1 aromatic carbocycles. The average molecular weight is 428 g/mol. The number of nitrogens with zero attached hydrogens (tertiary/aromatic N) is 2. The SMILES string of the molecule is CSCC[C@H](C)N1CCC(Oc2ccc(C(=O)NCCN(C)C)cc2Cl)CC1. The maximum Gasteiger partial charge on any atom is 0.251 e. The number of thioether (sulfide) groups is 1. The third-order valence-corrected chi connectivity index (χ3v) is 6.11. The highest BCUT2D eigenvalue weighted by atomic mass is 35.5. The van der Waals surface area contributed by atoms with Crippen LogP contribution in [0.5, 0.6) is 5.75 Å². The van der Waals surface area contributed by atoms with Gasteiger partial charge in [0.15, 0.2) is 0 Å². The highest BCUT2D eigenvalue weighted by molar-refractivity contribution is 7.98. The lowest BCUT2D eigenvalue weighted by Crippen LogP contribution is -2.43. The lowest BCUT2D eigenvalue weighted by Gasteiger charge is -2.36. The van der Waals surface area contributed by atoms with Crippen molar-refractivity contribution >= 4 is 29.3 Å². The van der Waals surface area contributed by atoms with Gasteiger partial charge in [0.1, 0.15) is 11.9 Å². The summed E-state index contributed by atoms with van der Waals surface area (Å²) in [5.41, 5.74) is 0.563. The van der Waals surface area contributed by atoms with Gasteiger partial charge in [-0.1, -0.05) is 11.6 Å². The predicted molar refractivity (Wildman–Crippen MR) is 120 cm³/mol. The molecule has 0 bridgehead atoms. The minimum Gasteiger partial charge on any atom is -0.489 e. The van der Waals surface area contributed by atoms with Gasteiger partial charge in [0.2, 0.25) is 0 Å². The fourth-order valence-electron chi connectivity index (χ4n) is 3.32. The van der Waals surface area contributed by atoms with Gasteiger partial charge in [0.25, 0.3) is 5.91 Å². The Morgan fingerprint density at radius 1 is 1.39 bits per heavy atom. The van der Waals surface area contributed by atoms with Crippen molar-refractivity contribution in [1.82, 2.24) is 15.1 Å². The van der Waals surface area contributed by atoms with Gasteiger partial charge in [-0.3, -0.25) is 4.79 Å².